The van der Waals surface area contributed by atoms with E-state index in [4.69, 9.17) is 4.74 Å². The van der Waals surface area contributed by atoms with E-state index in [1.54, 1.807) is 0 Å². The molecule has 0 bridgehead atoms. The molecule has 1 aromatic carbocycles. The van der Waals surface area contributed by atoms with E-state index in [9.17, 15) is 14.7 Å². The molecule has 0 N–H and O–H groups in total. The number of carboxylic acids is 1. The normalized spacial score (nSPS) is 12.2. The molecule has 1 atom stereocenters. The number of hydrogen-bond acceptors (Lipinski definition) is 4. The van der Waals surface area contributed by atoms with Gasteiger partial charge >= 0.3 is 5.97 Å². The topological polar surface area (TPSA) is 66.4 Å². The van der Waals surface area contributed by atoms with Crippen molar-refractivity contribution in [2.75, 3.05) is 0 Å². The monoisotopic (exact) mass is 263 g/mol. The van der Waals surface area contributed by atoms with Crippen LogP contribution in [0.3, 0.4) is 0 Å². The Labute approximate surface area is 113 Å². The highest BCUT2D eigenvalue weighted by molar-refractivity contribution is 5.78. The molecule has 19 heavy (non-hydrogen) atoms. The average Bonchev–Trinajstić information content (AvgIpc) is 2.35. The smallest absolute Gasteiger partial charge is 0.309 e. The summed E-state index contributed by atoms with van der Waals surface area (Å²) in [5.74, 6) is -2.09. The standard InChI is InChI=1S/C15H20O4/c1-11(2)8-13(9-14(16)17)15(18)19-10-12-6-4-3-5-7-12/h3-7,11,13H,8-10H2,1-2H3,(H,16,17)/p-1/t13-/m1/s1. The molecule has 0 amide bonds. The van der Waals surface area contributed by atoms with Crippen molar-refractivity contribution in [1.29, 1.82) is 0 Å². The molecule has 0 spiro atoms. The van der Waals surface area contributed by atoms with Gasteiger partial charge in [0.15, 0.2) is 0 Å². The van der Waals surface area contributed by atoms with Crippen LogP contribution in [0.25, 0.3) is 0 Å². The maximum absolute atomic E-state index is 11.9. The first-order valence-electron chi connectivity index (χ1n) is 6.39. The number of rotatable bonds is 7. The van der Waals surface area contributed by atoms with Gasteiger partial charge in [0.05, 0.1) is 5.92 Å². The molecule has 0 unspecified atom stereocenters. The molecule has 4 nitrogen and oxygen atoms in total. The molecule has 104 valence electrons. The van der Waals surface area contributed by atoms with E-state index >= 15 is 0 Å². The first-order valence-corrected chi connectivity index (χ1v) is 6.39. The third-order valence-electron chi connectivity index (χ3n) is 2.73. The summed E-state index contributed by atoms with van der Waals surface area (Å²) in [5.41, 5.74) is 0.882. The number of aliphatic carboxylic acids is 1. The van der Waals surface area contributed by atoms with E-state index in [2.05, 4.69) is 0 Å². The second-order valence-electron chi connectivity index (χ2n) is 5.00. The molecule has 0 aliphatic rings. The van der Waals surface area contributed by atoms with Gasteiger partial charge in [-0.15, -0.1) is 0 Å². The van der Waals surface area contributed by atoms with E-state index in [-0.39, 0.29) is 18.9 Å². The second kappa shape index (κ2) is 7.56. The van der Waals surface area contributed by atoms with Crippen molar-refractivity contribution in [3.8, 4) is 0 Å². The van der Waals surface area contributed by atoms with Gasteiger partial charge in [-0.25, -0.2) is 0 Å². The van der Waals surface area contributed by atoms with Gasteiger partial charge in [-0.3, -0.25) is 4.79 Å². The van der Waals surface area contributed by atoms with Crippen molar-refractivity contribution < 1.29 is 19.4 Å². The number of carboxylic acid groups (broad SMARTS) is 1. The van der Waals surface area contributed by atoms with Gasteiger partial charge in [-0.1, -0.05) is 44.2 Å². The van der Waals surface area contributed by atoms with E-state index in [0.29, 0.717) is 6.42 Å². The Balaban J connectivity index is 2.54. The number of esters is 1. The van der Waals surface area contributed by atoms with E-state index in [1.807, 2.05) is 44.2 Å². The SMILES string of the molecule is CC(C)C[C@H](CC(=O)[O-])C(=O)OCc1ccccc1. The number of ether oxygens (including phenoxy) is 1. The number of hydrogen-bond donors (Lipinski definition) is 0. The highest BCUT2D eigenvalue weighted by Crippen LogP contribution is 2.17. The second-order valence-corrected chi connectivity index (χ2v) is 5.00. The zero-order valence-electron chi connectivity index (χ0n) is 11.3. The fraction of sp³-hybridized carbons (Fsp3) is 0.467. The molecule has 0 aromatic heterocycles. The highest BCUT2D eigenvalue weighted by Gasteiger charge is 2.21. The third kappa shape index (κ3) is 6.04. The zero-order chi connectivity index (χ0) is 14.3. The summed E-state index contributed by atoms with van der Waals surface area (Å²) in [6.07, 6.45) is 0.202. The predicted octanol–water partition coefficient (Wildman–Crippen LogP) is 1.53. The molecule has 1 aromatic rings. The number of carbonyl (C=O) groups excluding carboxylic acids is 2. The largest absolute Gasteiger partial charge is 0.550 e. The Morgan fingerprint density at radius 3 is 2.37 bits per heavy atom. The van der Waals surface area contributed by atoms with Crippen molar-refractivity contribution in [2.24, 2.45) is 11.8 Å². The molecule has 1 rings (SSSR count). The summed E-state index contributed by atoms with van der Waals surface area (Å²) in [6, 6.07) is 9.29. The van der Waals surface area contributed by atoms with E-state index < -0.39 is 17.9 Å². The number of carbonyl (C=O) groups is 2. The first-order chi connectivity index (χ1) is 8.99. The Hall–Kier alpha value is -1.84. The Bertz CT molecular complexity index is 411. The molecular weight excluding hydrogens is 244 g/mol. The van der Waals surface area contributed by atoms with Crippen LogP contribution >= 0.6 is 0 Å². The predicted molar refractivity (Wildman–Crippen MR) is 68.8 cm³/mol. The minimum atomic E-state index is -1.22. The molecule has 0 saturated carbocycles. The van der Waals surface area contributed by atoms with Crippen LogP contribution in [-0.4, -0.2) is 11.9 Å². The number of benzene rings is 1. The molecule has 0 heterocycles. The summed E-state index contributed by atoms with van der Waals surface area (Å²) >= 11 is 0. The summed E-state index contributed by atoms with van der Waals surface area (Å²) in [4.78, 5) is 22.5. The maximum Gasteiger partial charge on any atom is 0.309 e. The lowest BCUT2D eigenvalue weighted by Crippen LogP contribution is -2.30. The van der Waals surface area contributed by atoms with Crippen LogP contribution in [0.4, 0.5) is 0 Å². The molecule has 0 aliphatic heterocycles. The van der Waals surface area contributed by atoms with Crippen LogP contribution < -0.4 is 5.11 Å². The lowest BCUT2D eigenvalue weighted by Gasteiger charge is -2.18. The van der Waals surface area contributed by atoms with Crippen LogP contribution in [0, 0.1) is 11.8 Å². The van der Waals surface area contributed by atoms with E-state index in [0.717, 1.165) is 5.56 Å². The van der Waals surface area contributed by atoms with Gasteiger partial charge < -0.3 is 14.6 Å². The zero-order valence-corrected chi connectivity index (χ0v) is 11.3. The van der Waals surface area contributed by atoms with Gasteiger partial charge in [0.1, 0.15) is 6.61 Å². The Morgan fingerprint density at radius 1 is 1.21 bits per heavy atom. The van der Waals surface area contributed by atoms with Gasteiger partial charge in [-0.05, 0) is 17.9 Å². The van der Waals surface area contributed by atoms with Crippen molar-refractivity contribution in [2.45, 2.75) is 33.3 Å². The Morgan fingerprint density at radius 2 is 1.84 bits per heavy atom. The Kier molecular flexibility index (Phi) is 6.06. The van der Waals surface area contributed by atoms with Crippen molar-refractivity contribution in [3.05, 3.63) is 35.9 Å². The lowest BCUT2D eigenvalue weighted by molar-refractivity contribution is -0.306. The maximum atomic E-state index is 11.9. The fourth-order valence-electron chi connectivity index (χ4n) is 1.88. The van der Waals surface area contributed by atoms with Crippen LogP contribution in [0.2, 0.25) is 0 Å². The van der Waals surface area contributed by atoms with Crippen molar-refractivity contribution in [1.82, 2.24) is 0 Å². The minimum absolute atomic E-state index is 0.168. The average molecular weight is 263 g/mol. The van der Waals surface area contributed by atoms with Crippen LogP contribution in [0.1, 0.15) is 32.3 Å². The molecule has 0 radical (unpaired) electrons. The van der Waals surface area contributed by atoms with Crippen molar-refractivity contribution in [3.63, 3.8) is 0 Å². The summed E-state index contributed by atoms with van der Waals surface area (Å²) in [6.45, 7) is 4.04. The molecule has 0 fully saturated rings. The van der Waals surface area contributed by atoms with Crippen LogP contribution in [-0.2, 0) is 20.9 Å². The van der Waals surface area contributed by atoms with Gasteiger partial charge in [-0.2, -0.15) is 0 Å². The van der Waals surface area contributed by atoms with Gasteiger partial charge in [0.2, 0.25) is 0 Å². The molecule has 0 saturated heterocycles. The minimum Gasteiger partial charge on any atom is -0.550 e. The fourth-order valence-corrected chi connectivity index (χ4v) is 1.88. The third-order valence-corrected chi connectivity index (χ3v) is 2.73. The van der Waals surface area contributed by atoms with Gasteiger partial charge in [0.25, 0.3) is 0 Å². The van der Waals surface area contributed by atoms with E-state index in [1.165, 1.54) is 0 Å². The molecule has 4 heteroatoms. The summed E-state index contributed by atoms with van der Waals surface area (Å²) in [7, 11) is 0. The van der Waals surface area contributed by atoms with Crippen LogP contribution in [0.15, 0.2) is 30.3 Å². The molecular formula is C15H19O4-. The summed E-state index contributed by atoms with van der Waals surface area (Å²) in [5, 5.41) is 10.7. The lowest BCUT2D eigenvalue weighted by atomic mass is 9.94. The van der Waals surface area contributed by atoms with Crippen molar-refractivity contribution >= 4 is 11.9 Å². The van der Waals surface area contributed by atoms with Gasteiger partial charge in [0, 0.05) is 12.4 Å². The van der Waals surface area contributed by atoms with Crippen LogP contribution in [0.5, 0.6) is 0 Å². The quantitative estimate of drug-likeness (QED) is 0.700. The first kappa shape index (κ1) is 15.2. The molecule has 0 aliphatic carbocycles. The summed E-state index contributed by atoms with van der Waals surface area (Å²) < 4.78 is 5.16. The highest BCUT2D eigenvalue weighted by atomic mass is 16.5.